The van der Waals surface area contributed by atoms with Gasteiger partial charge >= 0.3 is 0 Å². The molecule has 1 spiro atoms. The maximum absolute atomic E-state index is 12.6. The molecule has 6 nitrogen and oxygen atoms in total. The first-order chi connectivity index (χ1) is 12.7. The first-order valence-corrected chi connectivity index (χ1v) is 9.48. The van der Waals surface area contributed by atoms with Gasteiger partial charge in [0.25, 0.3) is 0 Å². The van der Waals surface area contributed by atoms with E-state index in [0.717, 1.165) is 51.1 Å². The molecule has 3 N–H and O–H groups in total. The summed E-state index contributed by atoms with van der Waals surface area (Å²) in [6.45, 7) is 2.75. The number of H-pyrrole nitrogens is 1. The molecule has 0 saturated carbocycles. The maximum atomic E-state index is 12.6. The second kappa shape index (κ2) is 7.11. The van der Waals surface area contributed by atoms with Gasteiger partial charge in [0.1, 0.15) is 17.0 Å². The van der Waals surface area contributed by atoms with E-state index in [2.05, 4.69) is 15.3 Å². The molecule has 6 heteroatoms. The van der Waals surface area contributed by atoms with E-state index >= 15 is 0 Å². The molecule has 4 rings (SSSR count). The predicted molar refractivity (Wildman–Crippen MR) is 97.9 cm³/mol. The Morgan fingerprint density at radius 2 is 2.08 bits per heavy atom. The predicted octanol–water partition coefficient (Wildman–Crippen LogP) is 0.988. The molecule has 138 valence electrons. The van der Waals surface area contributed by atoms with E-state index < -0.39 is 0 Å². The van der Waals surface area contributed by atoms with Gasteiger partial charge in [-0.05, 0) is 24.1 Å². The van der Waals surface area contributed by atoms with Crippen molar-refractivity contribution >= 4 is 5.91 Å². The summed E-state index contributed by atoms with van der Waals surface area (Å²) in [7, 11) is 1.66. The fourth-order valence-electron chi connectivity index (χ4n) is 4.33. The number of rotatable bonds is 4. The van der Waals surface area contributed by atoms with Gasteiger partial charge in [-0.1, -0.05) is 12.1 Å². The third kappa shape index (κ3) is 3.21. The summed E-state index contributed by atoms with van der Waals surface area (Å²) in [5.41, 5.74) is 3.75. The molecule has 0 aliphatic carbocycles. The Balaban J connectivity index is 1.33. The standard InChI is InChI=1S/C20H26N4O2/c1-26-16-5-2-15(3-6-16)4-7-18(25)24-12-9-20(10-13-24)19-17(8-11-23-20)21-14-22-19/h2-3,5-6,14,23H,4,7-13H2,1H3,(H,21,22)/p+1. The number of aryl methyl sites for hydroxylation is 1. The molecule has 0 radical (unpaired) electrons. The third-order valence-corrected chi connectivity index (χ3v) is 5.91. The lowest BCUT2D eigenvalue weighted by atomic mass is 9.80. The molecule has 0 unspecified atom stereocenters. The molecule has 1 aromatic heterocycles. The zero-order valence-corrected chi connectivity index (χ0v) is 15.3. The minimum absolute atomic E-state index is 0.0698. The van der Waals surface area contributed by atoms with Crippen LogP contribution < -0.4 is 10.1 Å². The molecule has 3 heterocycles. The monoisotopic (exact) mass is 355 g/mol. The number of amides is 1. The summed E-state index contributed by atoms with van der Waals surface area (Å²) < 4.78 is 5.18. The minimum Gasteiger partial charge on any atom is -0.497 e. The summed E-state index contributed by atoms with van der Waals surface area (Å²) in [5, 5.41) is 2.44. The Morgan fingerprint density at radius 1 is 1.31 bits per heavy atom. The number of quaternary nitrogens is 1. The summed E-state index contributed by atoms with van der Waals surface area (Å²) in [6.07, 6.45) is 6.19. The van der Waals surface area contributed by atoms with Crippen LogP contribution in [0.2, 0.25) is 0 Å². The Labute approximate surface area is 154 Å². The van der Waals surface area contributed by atoms with Crippen molar-refractivity contribution in [2.24, 2.45) is 0 Å². The molecule has 26 heavy (non-hydrogen) atoms. The molecular formula is C20H27N4O2+. The fourth-order valence-corrected chi connectivity index (χ4v) is 4.33. The van der Waals surface area contributed by atoms with Gasteiger partial charge in [-0.15, -0.1) is 0 Å². The first kappa shape index (κ1) is 17.1. The molecule has 2 aliphatic heterocycles. The number of benzene rings is 1. The van der Waals surface area contributed by atoms with Crippen molar-refractivity contribution in [1.82, 2.24) is 14.9 Å². The van der Waals surface area contributed by atoms with Gasteiger partial charge in [-0.25, -0.2) is 4.98 Å². The molecule has 2 aromatic rings. The van der Waals surface area contributed by atoms with Crippen LogP contribution in [0.5, 0.6) is 5.75 Å². The van der Waals surface area contributed by atoms with Crippen molar-refractivity contribution in [3.63, 3.8) is 0 Å². The van der Waals surface area contributed by atoms with Crippen LogP contribution in [0.1, 0.15) is 36.2 Å². The van der Waals surface area contributed by atoms with Crippen molar-refractivity contribution in [2.75, 3.05) is 26.7 Å². The molecule has 0 bridgehead atoms. The zero-order valence-electron chi connectivity index (χ0n) is 15.3. The number of aromatic nitrogens is 2. The van der Waals surface area contributed by atoms with E-state index in [4.69, 9.17) is 4.74 Å². The van der Waals surface area contributed by atoms with Crippen LogP contribution >= 0.6 is 0 Å². The van der Waals surface area contributed by atoms with E-state index in [0.29, 0.717) is 6.42 Å². The molecular weight excluding hydrogens is 328 g/mol. The number of ether oxygens (including phenoxy) is 1. The number of nitrogens with two attached hydrogens (primary N) is 1. The number of carbonyl (C=O) groups excluding carboxylic acids is 1. The van der Waals surface area contributed by atoms with Gasteiger partial charge in [0.05, 0.1) is 20.0 Å². The van der Waals surface area contributed by atoms with Gasteiger partial charge in [0.2, 0.25) is 5.91 Å². The van der Waals surface area contributed by atoms with Crippen molar-refractivity contribution in [1.29, 1.82) is 0 Å². The summed E-state index contributed by atoms with van der Waals surface area (Å²) >= 11 is 0. The van der Waals surface area contributed by atoms with E-state index in [1.807, 2.05) is 35.5 Å². The second-order valence-electron chi connectivity index (χ2n) is 7.36. The van der Waals surface area contributed by atoms with Crippen molar-refractivity contribution in [2.45, 2.75) is 37.6 Å². The number of aromatic amines is 1. The Morgan fingerprint density at radius 3 is 2.81 bits per heavy atom. The van der Waals surface area contributed by atoms with Gasteiger partial charge < -0.3 is 19.9 Å². The number of likely N-dealkylation sites (tertiary alicyclic amines) is 1. The van der Waals surface area contributed by atoms with Crippen LogP contribution in [0.4, 0.5) is 0 Å². The SMILES string of the molecule is COc1ccc(CCC(=O)N2CCC3(CC2)[NH2+]CCc2[nH]cnc23)cc1. The maximum Gasteiger partial charge on any atom is 0.222 e. The number of hydrogen-bond acceptors (Lipinski definition) is 3. The van der Waals surface area contributed by atoms with E-state index in [1.54, 1.807) is 7.11 Å². The highest BCUT2D eigenvalue weighted by Crippen LogP contribution is 2.31. The highest BCUT2D eigenvalue weighted by Gasteiger charge is 2.45. The van der Waals surface area contributed by atoms with Gasteiger partial charge in [0, 0.05) is 44.5 Å². The summed E-state index contributed by atoms with van der Waals surface area (Å²) in [4.78, 5) is 22.5. The number of imidazole rings is 1. The number of nitrogens with one attached hydrogen (secondary N) is 1. The number of piperidine rings is 1. The topological polar surface area (TPSA) is 74.8 Å². The van der Waals surface area contributed by atoms with Crippen molar-refractivity contribution in [3.8, 4) is 5.75 Å². The van der Waals surface area contributed by atoms with Crippen LogP contribution in [-0.4, -0.2) is 47.5 Å². The van der Waals surface area contributed by atoms with E-state index in [1.165, 1.54) is 17.0 Å². The highest BCUT2D eigenvalue weighted by atomic mass is 16.5. The number of carbonyl (C=O) groups is 1. The minimum atomic E-state index is 0.0698. The van der Waals surface area contributed by atoms with Crippen molar-refractivity contribution < 1.29 is 14.8 Å². The molecule has 2 aliphatic rings. The number of nitrogens with zero attached hydrogens (tertiary/aromatic N) is 2. The average Bonchev–Trinajstić information content (AvgIpc) is 3.18. The molecule has 1 saturated heterocycles. The average molecular weight is 355 g/mol. The molecule has 0 atom stereocenters. The Bertz CT molecular complexity index is 760. The fraction of sp³-hybridized carbons (Fsp3) is 0.500. The van der Waals surface area contributed by atoms with Crippen LogP contribution in [0, 0.1) is 0 Å². The largest absolute Gasteiger partial charge is 0.497 e. The van der Waals surface area contributed by atoms with Gasteiger partial charge in [0.15, 0.2) is 0 Å². The smallest absolute Gasteiger partial charge is 0.222 e. The van der Waals surface area contributed by atoms with Gasteiger partial charge in [-0.2, -0.15) is 0 Å². The molecule has 1 aromatic carbocycles. The quantitative estimate of drug-likeness (QED) is 0.859. The van der Waals surface area contributed by atoms with Crippen LogP contribution in [0.3, 0.4) is 0 Å². The lowest BCUT2D eigenvalue weighted by molar-refractivity contribution is -0.743. The van der Waals surface area contributed by atoms with E-state index in [9.17, 15) is 4.79 Å². The Hall–Kier alpha value is -2.34. The highest BCUT2D eigenvalue weighted by molar-refractivity contribution is 5.76. The molecule has 1 amide bonds. The van der Waals surface area contributed by atoms with E-state index in [-0.39, 0.29) is 11.4 Å². The molecule has 1 fully saturated rings. The van der Waals surface area contributed by atoms with Crippen molar-refractivity contribution in [3.05, 3.63) is 47.5 Å². The van der Waals surface area contributed by atoms with Crippen LogP contribution in [0.15, 0.2) is 30.6 Å². The summed E-state index contributed by atoms with van der Waals surface area (Å²) in [5.74, 6) is 1.11. The summed E-state index contributed by atoms with van der Waals surface area (Å²) in [6, 6.07) is 7.97. The second-order valence-corrected chi connectivity index (χ2v) is 7.36. The normalized spacial score (nSPS) is 18.6. The number of hydrogen-bond donors (Lipinski definition) is 2. The van der Waals surface area contributed by atoms with Gasteiger partial charge in [-0.3, -0.25) is 4.79 Å². The Kier molecular flexibility index (Phi) is 4.68. The third-order valence-electron chi connectivity index (χ3n) is 5.91. The lowest BCUT2D eigenvalue weighted by Crippen LogP contribution is -2.97. The first-order valence-electron chi connectivity index (χ1n) is 9.48. The zero-order chi connectivity index (χ0) is 18.0. The van der Waals surface area contributed by atoms with Crippen LogP contribution in [0.25, 0.3) is 0 Å². The lowest BCUT2D eigenvalue weighted by Gasteiger charge is -2.41. The number of methoxy groups -OCH3 is 1. The van der Waals surface area contributed by atoms with Crippen LogP contribution in [-0.2, 0) is 23.2 Å². The number of fused-ring (bicyclic) bond motifs is 2.